The molecule has 28 heavy (non-hydrogen) atoms. The molecule has 0 aromatic heterocycles. The molecule has 5 nitrogen and oxygen atoms in total. The number of nitriles is 1. The number of hydrogen-bond acceptors (Lipinski definition) is 5. The van der Waals surface area contributed by atoms with Crippen LogP contribution < -0.4 is 10.1 Å². The molecule has 0 radical (unpaired) electrons. The van der Waals surface area contributed by atoms with Gasteiger partial charge in [0.2, 0.25) is 0 Å². The minimum Gasteiger partial charge on any atom is -0.479 e. The molecule has 1 unspecified atom stereocenters. The molecule has 1 saturated carbocycles. The van der Waals surface area contributed by atoms with Gasteiger partial charge in [-0.2, -0.15) is 17.0 Å². The van der Waals surface area contributed by atoms with Gasteiger partial charge < -0.3 is 10.1 Å². The summed E-state index contributed by atoms with van der Waals surface area (Å²) in [6, 6.07) is 9.24. The van der Waals surface area contributed by atoms with E-state index in [9.17, 15) is 10.1 Å². The van der Waals surface area contributed by atoms with Crippen LogP contribution in [-0.4, -0.2) is 53.6 Å². The lowest BCUT2D eigenvalue weighted by Crippen LogP contribution is -2.58. The standard InChI is InChI=1S/C22H31N3O2S/c1-17(2)20(27-19-8-4-3-7-18(19)15-23)21(26)24-16-22(9-5-6-10-22)25-11-13-28-14-12-25/h3-4,7-8,17,20H,5-6,9-14,16H2,1-2H3,(H,24,26). The molecular formula is C22H31N3O2S. The van der Waals surface area contributed by atoms with Gasteiger partial charge in [0.25, 0.3) is 5.91 Å². The highest BCUT2D eigenvalue weighted by molar-refractivity contribution is 7.99. The first kappa shape index (κ1) is 21.0. The summed E-state index contributed by atoms with van der Waals surface area (Å²) < 4.78 is 6.00. The smallest absolute Gasteiger partial charge is 0.261 e. The number of nitrogens with zero attached hydrogens (tertiary/aromatic N) is 2. The van der Waals surface area contributed by atoms with Crippen LogP contribution in [0.5, 0.6) is 5.75 Å². The van der Waals surface area contributed by atoms with Crippen LogP contribution in [0.25, 0.3) is 0 Å². The highest BCUT2D eigenvalue weighted by atomic mass is 32.2. The molecule has 1 aliphatic carbocycles. The Labute approximate surface area is 172 Å². The molecule has 0 bridgehead atoms. The first-order valence-electron chi connectivity index (χ1n) is 10.3. The molecular weight excluding hydrogens is 370 g/mol. The normalized spacial score (nSPS) is 20.5. The molecule has 1 amide bonds. The molecule has 152 valence electrons. The SMILES string of the molecule is CC(C)C(Oc1ccccc1C#N)C(=O)NCC1(N2CCSCC2)CCCC1. The molecule has 3 rings (SSSR count). The van der Waals surface area contributed by atoms with E-state index in [0.29, 0.717) is 17.9 Å². The summed E-state index contributed by atoms with van der Waals surface area (Å²) in [4.78, 5) is 15.6. The lowest BCUT2D eigenvalue weighted by molar-refractivity contribution is -0.130. The van der Waals surface area contributed by atoms with Crippen LogP contribution in [0.15, 0.2) is 24.3 Å². The molecule has 2 fully saturated rings. The lowest BCUT2D eigenvalue weighted by Gasteiger charge is -2.43. The number of ether oxygens (including phenoxy) is 1. The summed E-state index contributed by atoms with van der Waals surface area (Å²) >= 11 is 2.02. The van der Waals surface area contributed by atoms with Gasteiger partial charge >= 0.3 is 0 Å². The molecule has 1 aromatic carbocycles. The van der Waals surface area contributed by atoms with Crippen LogP contribution in [0.3, 0.4) is 0 Å². The highest BCUT2D eigenvalue weighted by Gasteiger charge is 2.40. The second-order valence-corrected chi connectivity index (χ2v) is 9.36. The van der Waals surface area contributed by atoms with Crippen LogP contribution in [-0.2, 0) is 4.79 Å². The zero-order valence-electron chi connectivity index (χ0n) is 16.9. The number of thioether (sulfide) groups is 1. The Morgan fingerprint density at radius 1 is 1.29 bits per heavy atom. The highest BCUT2D eigenvalue weighted by Crippen LogP contribution is 2.36. The fraction of sp³-hybridized carbons (Fsp3) is 0.636. The predicted molar refractivity (Wildman–Crippen MR) is 114 cm³/mol. The van der Waals surface area contributed by atoms with E-state index in [2.05, 4.69) is 16.3 Å². The lowest BCUT2D eigenvalue weighted by atomic mass is 9.94. The van der Waals surface area contributed by atoms with Crippen LogP contribution >= 0.6 is 11.8 Å². The molecule has 1 heterocycles. The van der Waals surface area contributed by atoms with E-state index in [0.717, 1.165) is 25.9 Å². The average Bonchev–Trinajstić information content (AvgIpc) is 3.21. The van der Waals surface area contributed by atoms with Gasteiger partial charge in [0.1, 0.15) is 11.8 Å². The number of benzene rings is 1. The van der Waals surface area contributed by atoms with Crippen molar-refractivity contribution in [3.8, 4) is 11.8 Å². The summed E-state index contributed by atoms with van der Waals surface area (Å²) in [5.41, 5.74) is 0.557. The second kappa shape index (κ2) is 9.67. The zero-order valence-corrected chi connectivity index (χ0v) is 17.8. The van der Waals surface area contributed by atoms with Crippen LogP contribution in [0.1, 0.15) is 45.1 Å². The van der Waals surface area contributed by atoms with Crippen LogP contribution in [0.4, 0.5) is 0 Å². The third kappa shape index (κ3) is 4.82. The summed E-state index contributed by atoms with van der Waals surface area (Å²) in [5, 5.41) is 12.5. The van der Waals surface area contributed by atoms with Crippen molar-refractivity contribution in [1.29, 1.82) is 5.26 Å². The monoisotopic (exact) mass is 401 g/mol. The fourth-order valence-corrected chi connectivity index (χ4v) is 5.22. The molecule has 1 atom stereocenters. The van der Waals surface area contributed by atoms with Gasteiger partial charge in [0.15, 0.2) is 6.10 Å². The third-order valence-electron chi connectivity index (χ3n) is 5.93. The third-order valence-corrected chi connectivity index (χ3v) is 6.88. The summed E-state index contributed by atoms with van der Waals surface area (Å²) in [7, 11) is 0. The van der Waals surface area contributed by atoms with E-state index in [1.54, 1.807) is 18.2 Å². The van der Waals surface area contributed by atoms with E-state index in [4.69, 9.17) is 4.74 Å². The largest absolute Gasteiger partial charge is 0.479 e. The maximum absolute atomic E-state index is 13.0. The van der Waals surface area contributed by atoms with Crippen molar-refractivity contribution < 1.29 is 9.53 Å². The van der Waals surface area contributed by atoms with Gasteiger partial charge in [0.05, 0.1) is 5.56 Å². The van der Waals surface area contributed by atoms with Gasteiger partial charge in [-0.25, -0.2) is 0 Å². The molecule has 6 heteroatoms. The Morgan fingerprint density at radius 3 is 2.61 bits per heavy atom. The van der Waals surface area contributed by atoms with Crippen molar-refractivity contribution in [1.82, 2.24) is 10.2 Å². The van der Waals surface area contributed by atoms with Gasteiger partial charge in [0, 0.05) is 36.7 Å². The Morgan fingerprint density at radius 2 is 1.96 bits per heavy atom. The van der Waals surface area contributed by atoms with E-state index in [1.165, 1.54) is 24.3 Å². The minimum atomic E-state index is -0.607. The van der Waals surface area contributed by atoms with Crippen molar-refractivity contribution in [2.45, 2.75) is 51.2 Å². The van der Waals surface area contributed by atoms with E-state index < -0.39 is 6.10 Å². The van der Waals surface area contributed by atoms with E-state index in [-0.39, 0.29) is 17.4 Å². The summed E-state index contributed by atoms with van der Waals surface area (Å²) in [6.07, 6.45) is 4.17. The second-order valence-electron chi connectivity index (χ2n) is 8.14. The summed E-state index contributed by atoms with van der Waals surface area (Å²) in [6.45, 7) is 6.86. The number of para-hydroxylation sites is 1. The molecule has 2 aliphatic rings. The first-order valence-corrected chi connectivity index (χ1v) is 11.5. The quantitative estimate of drug-likeness (QED) is 0.758. The Hall–Kier alpha value is -1.71. The van der Waals surface area contributed by atoms with Gasteiger partial charge in [-0.05, 0) is 30.9 Å². The zero-order chi connectivity index (χ0) is 20.0. The maximum atomic E-state index is 13.0. The van der Waals surface area contributed by atoms with Crippen LogP contribution in [0, 0.1) is 17.2 Å². The molecule has 0 spiro atoms. The number of rotatable bonds is 7. The van der Waals surface area contributed by atoms with Gasteiger partial charge in [-0.3, -0.25) is 9.69 Å². The topological polar surface area (TPSA) is 65.4 Å². The van der Waals surface area contributed by atoms with E-state index >= 15 is 0 Å². The average molecular weight is 402 g/mol. The van der Waals surface area contributed by atoms with Crippen molar-refractivity contribution in [2.24, 2.45) is 5.92 Å². The Kier molecular flexibility index (Phi) is 7.25. The molecule has 1 aliphatic heterocycles. The van der Waals surface area contributed by atoms with Gasteiger partial charge in [-0.15, -0.1) is 0 Å². The van der Waals surface area contributed by atoms with Crippen molar-refractivity contribution >= 4 is 17.7 Å². The predicted octanol–water partition coefficient (Wildman–Crippen LogP) is 3.44. The van der Waals surface area contributed by atoms with Crippen LogP contribution in [0.2, 0.25) is 0 Å². The number of hydrogen-bond donors (Lipinski definition) is 1. The number of nitrogens with one attached hydrogen (secondary N) is 1. The number of carbonyl (C=O) groups is 1. The number of amides is 1. The molecule has 1 N–H and O–H groups in total. The molecule has 1 saturated heterocycles. The minimum absolute atomic E-state index is 0.0117. The van der Waals surface area contributed by atoms with Gasteiger partial charge in [-0.1, -0.05) is 38.8 Å². The fourth-order valence-electron chi connectivity index (χ4n) is 4.32. The van der Waals surface area contributed by atoms with E-state index in [1.807, 2.05) is 31.7 Å². The van der Waals surface area contributed by atoms with Crippen molar-refractivity contribution in [3.05, 3.63) is 29.8 Å². The maximum Gasteiger partial charge on any atom is 0.261 e. The van der Waals surface area contributed by atoms with Crippen molar-refractivity contribution in [2.75, 3.05) is 31.1 Å². The first-order chi connectivity index (χ1) is 13.6. The Bertz CT molecular complexity index is 704. The number of carbonyl (C=O) groups excluding carboxylic acids is 1. The summed E-state index contributed by atoms with van der Waals surface area (Å²) in [5.74, 6) is 2.76. The Balaban J connectivity index is 1.67. The molecule has 1 aromatic rings. The van der Waals surface area contributed by atoms with Crippen molar-refractivity contribution in [3.63, 3.8) is 0 Å².